The van der Waals surface area contributed by atoms with Gasteiger partial charge in [0, 0.05) is 24.3 Å². The Morgan fingerprint density at radius 2 is 1.80 bits per heavy atom. The molecule has 0 bridgehead atoms. The second-order valence-corrected chi connectivity index (χ2v) is 11.0. The average molecular weight is 510 g/mol. The molecule has 0 fully saturated rings. The number of nitrogens with one attached hydrogen (secondary N) is 1. The third-order valence-corrected chi connectivity index (χ3v) is 7.66. The van der Waals surface area contributed by atoms with Gasteiger partial charge in [0.05, 0.1) is 28.6 Å². The van der Waals surface area contributed by atoms with Gasteiger partial charge in [0.2, 0.25) is 0 Å². The summed E-state index contributed by atoms with van der Waals surface area (Å²) in [5.41, 5.74) is 3.14. The first kappa shape index (κ1) is 24.6. The summed E-state index contributed by atoms with van der Waals surface area (Å²) < 4.78 is 23.6. The number of rotatable bonds is 7. The second kappa shape index (κ2) is 10.4. The number of aromatic nitrogens is 2. The van der Waals surface area contributed by atoms with E-state index >= 15 is 0 Å². The highest BCUT2D eigenvalue weighted by atomic mass is 32.2. The van der Waals surface area contributed by atoms with Crippen LogP contribution in [0.3, 0.4) is 0 Å². The lowest BCUT2D eigenvalue weighted by Crippen LogP contribution is -2.34. The normalized spacial score (nSPS) is 16.1. The van der Waals surface area contributed by atoms with E-state index in [-0.39, 0.29) is 33.5 Å². The van der Waals surface area contributed by atoms with Gasteiger partial charge < -0.3 is 5.32 Å². The van der Waals surface area contributed by atoms with Crippen LogP contribution in [0.25, 0.3) is 0 Å². The van der Waals surface area contributed by atoms with Crippen molar-refractivity contribution in [3.05, 3.63) is 83.9 Å². The van der Waals surface area contributed by atoms with Gasteiger partial charge in [-0.15, -0.1) is 0 Å². The van der Waals surface area contributed by atoms with E-state index in [1.165, 1.54) is 35.4 Å². The molecule has 1 N–H and O–H groups in total. The summed E-state index contributed by atoms with van der Waals surface area (Å²) in [6, 6.07) is 13.7. The van der Waals surface area contributed by atoms with Crippen molar-refractivity contribution in [1.82, 2.24) is 15.0 Å². The Kier molecular flexibility index (Phi) is 7.27. The van der Waals surface area contributed by atoms with Gasteiger partial charge in [0.25, 0.3) is 5.91 Å². The van der Waals surface area contributed by atoms with E-state index in [0.717, 1.165) is 23.1 Å². The molecular weight excluding hydrogens is 486 g/mol. The van der Waals surface area contributed by atoms with Crippen LogP contribution in [0, 0.1) is 0 Å². The molecule has 1 atom stereocenters. The molecule has 3 aromatic rings. The molecule has 2 aromatic carbocycles. The summed E-state index contributed by atoms with van der Waals surface area (Å²) in [4.78, 5) is 33.1. The highest BCUT2D eigenvalue weighted by molar-refractivity contribution is 8.14. The third-order valence-electron chi connectivity index (χ3n) is 5.28. The summed E-state index contributed by atoms with van der Waals surface area (Å²) in [6.45, 7) is 2.24. The maximum absolute atomic E-state index is 12.7. The summed E-state index contributed by atoms with van der Waals surface area (Å²) in [6.07, 6.45) is 6.20. The summed E-state index contributed by atoms with van der Waals surface area (Å²) in [7, 11) is -3.30. The topological polar surface area (TPSA) is 122 Å². The Morgan fingerprint density at radius 1 is 1.09 bits per heavy atom. The number of sulfone groups is 1. The number of nitrogens with zero attached hydrogens (tertiary/aromatic N) is 4. The number of anilines is 1. The van der Waals surface area contributed by atoms with Crippen molar-refractivity contribution in [2.45, 2.75) is 30.0 Å². The minimum absolute atomic E-state index is 0.124. The zero-order chi connectivity index (χ0) is 25.0. The Morgan fingerprint density at radius 3 is 2.40 bits per heavy atom. The molecule has 35 heavy (non-hydrogen) atoms. The molecule has 0 radical (unpaired) electrons. The molecule has 1 unspecified atom stereocenters. The van der Waals surface area contributed by atoms with E-state index in [0.29, 0.717) is 12.1 Å². The molecule has 1 aliphatic rings. The molecule has 1 aromatic heterocycles. The van der Waals surface area contributed by atoms with Crippen LogP contribution in [-0.2, 0) is 16.4 Å². The van der Waals surface area contributed by atoms with Crippen molar-refractivity contribution in [3.63, 3.8) is 0 Å². The lowest BCUT2D eigenvalue weighted by Gasteiger charge is -2.28. The highest BCUT2D eigenvalue weighted by Gasteiger charge is 2.30. The number of hydrogen-bond donors (Lipinski definition) is 1. The van der Waals surface area contributed by atoms with Crippen molar-refractivity contribution in [1.29, 1.82) is 0 Å². The number of amides is 2. The zero-order valence-electron chi connectivity index (χ0n) is 19.1. The van der Waals surface area contributed by atoms with E-state index in [4.69, 9.17) is 0 Å². The molecule has 1 aliphatic heterocycles. The van der Waals surface area contributed by atoms with Gasteiger partial charge >= 0.3 is 5.24 Å². The van der Waals surface area contributed by atoms with Gasteiger partial charge in [0.15, 0.2) is 9.84 Å². The van der Waals surface area contributed by atoms with Crippen LogP contribution < -0.4 is 5.32 Å². The molecule has 0 saturated carbocycles. The van der Waals surface area contributed by atoms with Crippen molar-refractivity contribution in [3.8, 4) is 0 Å². The van der Waals surface area contributed by atoms with Gasteiger partial charge in [-0.2, -0.15) is 5.10 Å². The Hall–Kier alpha value is -3.57. The lowest BCUT2D eigenvalue weighted by atomic mass is 10.1. The number of hydrazone groups is 1. The van der Waals surface area contributed by atoms with Crippen LogP contribution in [-0.4, -0.2) is 51.8 Å². The smallest absolute Gasteiger partial charge is 0.302 e. The molecule has 180 valence electrons. The predicted octanol–water partition coefficient (Wildman–Crippen LogP) is 3.98. The monoisotopic (exact) mass is 509 g/mol. The van der Waals surface area contributed by atoms with Gasteiger partial charge in [0.1, 0.15) is 5.69 Å². The summed E-state index contributed by atoms with van der Waals surface area (Å²) in [5.74, 6) is -0.366. The van der Waals surface area contributed by atoms with E-state index in [1.54, 1.807) is 36.4 Å². The Labute approximate surface area is 207 Å². The van der Waals surface area contributed by atoms with Crippen LogP contribution >= 0.6 is 11.8 Å². The van der Waals surface area contributed by atoms with Gasteiger partial charge in [-0.25, -0.2) is 18.4 Å². The Bertz CT molecular complexity index is 1360. The predicted molar refractivity (Wildman–Crippen MR) is 135 cm³/mol. The maximum Gasteiger partial charge on any atom is 0.302 e. The number of thioether (sulfide) groups is 1. The largest absolute Gasteiger partial charge is 0.321 e. The zero-order valence-corrected chi connectivity index (χ0v) is 20.7. The molecule has 0 aliphatic carbocycles. The standard InChI is InChI=1S/C24H23N5O4S2/c1-3-21-22(17-6-10-19(11-7-17)35(2,32)33)28-29(24(31)34-21)15-16-4-8-18(9-5-16)27-23(30)20-14-25-12-13-26-20/h4-14,21H,3,15H2,1-2H3,(H,27,30). The first-order valence-corrected chi connectivity index (χ1v) is 13.5. The summed E-state index contributed by atoms with van der Waals surface area (Å²) in [5, 5.41) is 8.51. The van der Waals surface area contributed by atoms with E-state index in [1.807, 2.05) is 19.1 Å². The van der Waals surface area contributed by atoms with Crippen molar-refractivity contribution in [2.24, 2.45) is 5.10 Å². The Balaban J connectivity index is 1.50. The molecule has 0 saturated heterocycles. The first-order chi connectivity index (χ1) is 16.7. The van der Waals surface area contributed by atoms with Gasteiger partial charge in [-0.05, 0) is 41.8 Å². The SMILES string of the molecule is CCC1SC(=O)N(Cc2ccc(NC(=O)c3cnccn3)cc2)N=C1c1ccc(S(C)(=O)=O)cc1. The molecule has 0 spiro atoms. The minimum Gasteiger partial charge on any atom is -0.321 e. The van der Waals surface area contributed by atoms with E-state index in [9.17, 15) is 18.0 Å². The fourth-order valence-corrected chi connectivity index (χ4v) is 5.01. The fourth-order valence-electron chi connectivity index (χ4n) is 3.44. The van der Waals surface area contributed by atoms with Gasteiger partial charge in [-0.3, -0.25) is 14.6 Å². The fraction of sp³-hybridized carbons (Fsp3) is 0.208. The minimum atomic E-state index is -3.30. The summed E-state index contributed by atoms with van der Waals surface area (Å²) >= 11 is 1.20. The molecule has 2 amide bonds. The van der Waals surface area contributed by atoms with Crippen LogP contribution in [0.4, 0.5) is 10.5 Å². The molecule has 2 heterocycles. The number of hydrogen-bond acceptors (Lipinski definition) is 8. The average Bonchev–Trinajstić information content (AvgIpc) is 2.86. The van der Waals surface area contributed by atoms with Crippen LogP contribution in [0.5, 0.6) is 0 Å². The quantitative estimate of drug-likeness (QED) is 0.511. The van der Waals surface area contributed by atoms with Crippen LogP contribution in [0.1, 0.15) is 35.0 Å². The van der Waals surface area contributed by atoms with Gasteiger partial charge in [-0.1, -0.05) is 43.0 Å². The third kappa shape index (κ3) is 5.92. The van der Waals surface area contributed by atoms with E-state index in [2.05, 4.69) is 20.4 Å². The number of benzene rings is 2. The number of carbonyl (C=O) groups excluding carboxylic acids is 2. The van der Waals surface area contributed by atoms with Crippen LogP contribution in [0.15, 0.2) is 77.1 Å². The molecular formula is C24H23N5O4S2. The molecule has 11 heteroatoms. The maximum atomic E-state index is 12.7. The second-order valence-electron chi connectivity index (χ2n) is 7.86. The molecule has 9 nitrogen and oxygen atoms in total. The number of carbonyl (C=O) groups is 2. The highest BCUT2D eigenvalue weighted by Crippen LogP contribution is 2.30. The lowest BCUT2D eigenvalue weighted by molar-refractivity contribution is 0.102. The first-order valence-electron chi connectivity index (χ1n) is 10.8. The molecule has 4 rings (SSSR count). The van der Waals surface area contributed by atoms with Crippen molar-refractivity contribution < 1.29 is 18.0 Å². The van der Waals surface area contributed by atoms with E-state index < -0.39 is 9.84 Å². The van der Waals surface area contributed by atoms with Crippen molar-refractivity contribution in [2.75, 3.05) is 11.6 Å². The van der Waals surface area contributed by atoms with Crippen molar-refractivity contribution >= 4 is 44.1 Å². The van der Waals surface area contributed by atoms with Crippen LogP contribution in [0.2, 0.25) is 0 Å².